The molecule has 3 N–H and O–H groups in total. The van der Waals surface area contributed by atoms with E-state index in [1.807, 2.05) is 44.2 Å². The van der Waals surface area contributed by atoms with Gasteiger partial charge in [-0.2, -0.15) is 0 Å². The van der Waals surface area contributed by atoms with Gasteiger partial charge in [0.15, 0.2) is 5.13 Å². The van der Waals surface area contributed by atoms with E-state index in [1.54, 1.807) is 5.38 Å². The van der Waals surface area contributed by atoms with Gasteiger partial charge in [-0.3, -0.25) is 4.79 Å². The zero-order valence-corrected chi connectivity index (χ0v) is 11.1. The van der Waals surface area contributed by atoms with Crippen LogP contribution in [0.3, 0.4) is 0 Å². The second kappa shape index (κ2) is 4.78. The molecule has 0 saturated heterocycles. The average molecular weight is 261 g/mol. The van der Waals surface area contributed by atoms with Gasteiger partial charge in [0.2, 0.25) is 0 Å². The molecule has 1 heterocycles. The third kappa shape index (κ3) is 2.68. The van der Waals surface area contributed by atoms with E-state index >= 15 is 0 Å². The number of hydrogen-bond acceptors (Lipinski definition) is 4. The first-order valence-corrected chi connectivity index (χ1v) is 6.46. The van der Waals surface area contributed by atoms with Crippen LogP contribution in [0, 0.1) is 0 Å². The highest BCUT2D eigenvalue weighted by Gasteiger charge is 2.24. The third-order valence-corrected chi connectivity index (χ3v) is 3.35. The fourth-order valence-electron chi connectivity index (χ4n) is 1.67. The molecule has 0 aliphatic heterocycles. The van der Waals surface area contributed by atoms with E-state index in [1.165, 1.54) is 11.3 Å². The maximum absolute atomic E-state index is 12.0. The summed E-state index contributed by atoms with van der Waals surface area (Å²) in [5, 5.41) is 5.01. The summed E-state index contributed by atoms with van der Waals surface area (Å²) >= 11 is 1.26. The maximum atomic E-state index is 12.0. The Balaban J connectivity index is 2.16. The minimum Gasteiger partial charge on any atom is -0.375 e. The normalized spacial score (nSPS) is 11.2. The zero-order valence-electron chi connectivity index (χ0n) is 10.3. The Morgan fingerprint density at radius 3 is 2.56 bits per heavy atom. The van der Waals surface area contributed by atoms with Gasteiger partial charge in [-0.1, -0.05) is 30.3 Å². The van der Waals surface area contributed by atoms with E-state index in [0.717, 1.165) is 5.56 Å². The lowest BCUT2D eigenvalue weighted by atomic mass is 9.94. The van der Waals surface area contributed by atoms with Crippen molar-refractivity contribution in [1.29, 1.82) is 0 Å². The highest BCUT2D eigenvalue weighted by molar-refractivity contribution is 7.13. The van der Waals surface area contributed by atoms with E-state index in [-0.39, 0.29) is 5.91 Å². The van der Waals surface area contributed by atoms with Crippen molar-refractivity contribution < 1.29 is 4.79 Å². The van der Waals surface area contributed by atoms with Gasteiger partial charge in [-0.25, -0.2) is 4.98 Å². The smallest absolute Gasteiger partial charge is 0.271 e. The summed E-state index contributed by atoms with van der Waals surface area (Å²) in [6.45, 7) is 3.91. The molecule has 0 spiro atoms. The summed E-state index contributed by atoms with van der Waals surface area (Å²) < 4.78 is 0. The summed E-state index contributed by atoms with van der Waals surface area (Å²) in [6, 6.07) is 9.81. The summed E-state index contributed by atoms with van der Waals surface area (Å²) in [5.74, 6) is -0.211. The second-order valence-electron chi connectivity index (χ2n) is 4.52. The maximum Gasteiger partial charge on any atom is 0.271 e. The number of thiazole rings is 1. The van der Waals surface area contributed by atoms with Crippen LogP contribution >= 0.6 is 11.3 Å². The number of nitrogens with one attached hydrogen (secondary N) is 1. The van der Waals surface area contributed by atoms with Crippen LogP contribution in [0.15, 0.2) is 35.7 Å². The molecule has 0 unspecified atom stereocenters. The van der Waals surface area contributed by atoms with Crippen molar-refractivity contribution in [2.24, 2.45) is 0 Å². The lowest BCUT2D eigenvalue weighted by Crippen LogP contribution is -2.41. The van der Waals surface area contributed by atoms with Gasteiger partial charge in [0.25, 0.3) is 5.91 Å². The Morgan fingerprint density at radius 2 is 2.00 bits per heavy atom. The Labute approximate surface area is 110 Å². The topological polar surface area (TPSA) is 68.0 Å². The molecule has 1 aromatic heterocycles. The first-order chi connectivity index (χ1) is 8.49. The molecule has 0 atom stereocenters. The number of carbonyl (C=O) groups is 1. The SMILES string of the molecule is CC(C)(NC(=O)c1csc(N)n1)c1ccccc1. The first kappa shape index (κ1) is 12.6. The number of hydrogen-bond donors (Lipinski definition) is 2. The zero-order chi connectivity index (χ0) is 13.2. The van der Waals surface area contributed by atoms with E-state index in [0.29, 0.717) is 10.8 Å². The van der Waals surface area contributed by atoms with Gasteiger partial charge in [0, 0.05) is 5.38 Å². The molecular formula is C13H15N3OS. The average Bonchev–Trinajstić information content (AvgIpc) is 2.77. The molecule has 94 valence electrons. The molecule has 0 radical (unpaired) electrons. The molecule has 0 aliphatic carbocycles. The van der Waals surface area contributed by atoms with E-state index in [9.17, 15) is 4.79 Å². The van der Waals surface area contributed by atoms with Gasteiger partial charge in [0.1, 0.15) is 5.69 Å². The van der Waals surface area contributed by atoms with Crippen LogP contribution < -0.4 is 11.1 Å². The Bertz CT molecular complexity index is 548. The number of nitrogen functional groups attached to an aromatic ring is 1. The van der Waals surface area contributed by atoms with Gasteiger partial charge in [0.05, 0.1) is 5.54 Å². The van der Waals surface area contributed by atoms with Gasteiger partial charge in [-0.05, 0) is 19.4 Å². The largest absolute Gasteiger partial charge is 0.375 e. The minimum atomic E-state index is -0.448. The van der Waals surface area contributed by atoms with Crippen molar-refractivity contribution in [2.45, 2.75) is 19.4 Å². The molecule has 18 heavy (non-hydrogen) atoms. The molecule has 0 fully saturated rings. The molecule has 2 rings (SSSR count). The van der Waals surface area contributed by atoms with Gasteiger partial charge >= 0.3 is 0 Å². The molecule has 1 amide bonds. The standard InChI is InChI=1S/C13H15N3OS/c1-13(2,9-6-4-3-5-7-9)16-11(17)10-8-18-12(14)15-10/h3-8H,1-2H3,(H2,14,15)(H,16,17). The van der Waals surface area contributed by atoms with Crippen molar-refractivity contribution >= 4 is 22.4 Å². The van der Waals surface area contributed by atoms with Crippen LogP contribution in [0.4, 0.5) is 5.13 Å². The minimum absolute atomic E-state index is 0.211. The predicted octanol–water partition coefficient (Wildman–Crippen LogP) is 2.39. The Hall–Kier alpha value is -1.88. The summed E-state index contributed by atoms with van der Waals surface area (Å²) in [6.07, 6.45) is 0. The number of benzene rings is 1. The van der Waals surface area contributed by atoms with E-state index in [2.05, 4.69) is 10.3 Å². The van der Waals surface area contributed by atoms with Crippen LogP contribution in [-0.2, 0) is 5.54 Å². The fraction of sp³-hybridized carbons (Fsp3) is 0.231. The van der Waals surface area contributed by atoms with Crippen molar-refractivity contribution in [3.63, 3.8) is 0 Å². The number of nitrogens with two attached hydrogens (primary N) is 1. The Kier molecular flexibility index (Phi) is 3.34. The fourth-order valence-corrected chi connectivity index (χ4v) is 2.21. The summed E-state index contributed by atoms with van der Waals surface area (Å²) in [5.41, 5.74) is 6.48. The third-order valence-electron chi connectivity index (χ3n) is 2.68. The van der Waals surface area contributed by atoms with Crippen LogP contribution in [0.1, 0.15) is 29.9 Å². The molecule has 4 nitrogen and oxygen atoms in total. The van der Waals surface area contributed by atoms with Crippen molar-refractivity contribution in [3.05, 3.63) is 47.0 Å². The molecule has 0 aliphatic rings. The monoisotopic (exact) mass is 261 g/mol. The Morgan fingerprint density at radius 1 is 1.33 bits per heavy atom. The first-order valence-electron chi connectivity index (χ1n) is 5.58. The molecule has 0 saturated carbocycles. The molecule has 0 bridgehead atoms. The quantitative estimate of drug-likeness (QED) is 0.891. The highest BCUT2D eigenvalue weighted by Crippen LogP contribution is 2.20. The number of carbonyl (C=O) groups excluding carboxylic acids is 1. The second-order valence-corrected chi connectivity index (χ2v) is 5.41. The molecule has 5 heteroatoms. The lowest BCUT2D eigenvalue weighted by Gasteiger charge is -2.26. The lowest BCUT2D eigenvalue weighted by molar-refractivity contribution is 0.0907. The van der Waals surface area contributed by atoms with E-state index < -0.39 is 5.54 Å². The number of nitrogens with zero attached hydrogens (tertiary/aromatic N) is 1. The molecule has 2 aromatic rings. The van der Waals surface area contributed by atoms with Crippen molar-refractivity contribution in [2.75, 3.05) is 5.73 Å². The summed E-state index contributed by atoms with van der Waals surface area (Å²) in [4.78, 5) is 16.0. The number of rotatable bonds is 3. The number of aromatic nitrogens is 1. The van der Waals surface area contributed by atoms with Crippen molar-refractivity contribution in [1.82, 2.24) is 10.3 Å². The summed E-state index contributed by atoms with van der Waals surface area (Å²) in [7, 11) is 0. The van der Waals surface area contributed by atoms with Gasteiger partial charge < -0.3 is 11.1 Å². The van der Waals surface area contributed by atoms with Crippen LogP contribution in [0.25, 0.3) is 0 Å². The van der Waals surface area contributed by atoms with Crippen LogP contribution in [-0.4, -0.2) is 10.9 Å². The number of anilines is 1. The predicted molar refractivity (Wildman–Crippen MR) is 73.5 cm³/mol. The van der Waals surface area contributed by atoms with Crippen LogP contribution in [0.5, 0.6) is 0 Å². The molecule has 1 aromatic carbocycles. The van der Waals surface area contributed by atoms with Crippen LogP contribution in [0.2, 0.25) is 0 Å². The highest BCUT2D eigenvalue weighted by atomic mass is 32.1. The molecular weight excluding hydrogens is 246 g/mol. The number of amides is 1. The van der Waals surface area contributed by atoms with Crippen molar-refractivity contribution in [3.8, 4) is 0 Å². The van der Waals surface area contributed by atoms with E-state index in [4.69, 9.17) is 5.73 Å². The van der Waals surface area contributed by atoms with Gasteiger partial charge in [-0.15, -0.1) is 11.3 Å².